The van der Waals surface area contributed by atoms with Gasteiger partial charge in [-0.3, -0.25) is 4.79 Å². The van der Waals surface area contributed by atoms with Gasteiger partial charge < -0.3 is 15.5 Å². The molecular formula is C14H27Cl2N3O. The SMILES string of the molecule is Cl.Cl.O=C(CC1CCCN1)NC1CCN(C2CC2)CC1. The minimum absolute atomic E-state index is 0. The maximum Gasteiger partial charge on any atom is 0.221 e. The van der Waals surface area contributed by atoms with Gasteiger partial charge in [-0.1, -0.05) is 0 Å². The lowest BCUT2D eigenvalue weighted by Crippen LogP contribution is -2.46. The molecule has 118 valence electrons. The number of piperidine rings is 1. The summed E-state index contributed by atoms with van der Waals surface area (Å²) in [4.78, 5) is 14.5. The molecule has 1 aliphatic carbocycles. The Morgan fingerprint density at radius 1 is 1.10 bits per heavy atom. The molecule has 2 saturated heterocycles. The van der Waals surface area contributed by atoms with Crippen molar-refractivity contribution in [2.24, 2.45) is 0 Å². The van der Waals surface area contributed by atoms with E-state index in [1.54, 1.807) is 0 Å². The summed E-state index contributed by atoms with van der Waals surface area (Å²) >= 11 is 0. The van der Waals surface area contributed by atoms with Crippen molar-refractivity contribution in [3.05, 3.63) is 0 Å². The topological polar surface area (TPSA) is 44.4 Å². The molecule has 3 rings (SSSR count). The fourth-order valence-corrected chi connectivity index (χ4v) is 3.29. The van der Waals surface area contributed by atoms with Crippen molar-refractivity contribution in [1.82, 2.24) is 15.5 Å². The van der Waals surface area contributed by atoms with Crippen LogP contribution in [0.4, 0.5) is 0 Å². The van der Waals surface area contributed by atoms with Crippen molar-refractivity contribution < 1.29 is 4.79 Å². The zero-order valence-electron chi connectivity index (χ0n) is 12.0. The van der Waals surface area contributed by atoms with Crippen LogP contribution in [0, 0.1) is 0 Å². The van der Waals surface area contributed by atoms with Crippen LogP contribution in [0.15, 0.2) is 0 Å². The van der Waals surface area contributed by atoms with E-state index in [-0.39, 0.29) is 30.7 Å². The highest BCUT2D eigenvalue weighted by Gasteiger charge is 2.32. The maximum absolute atomic E-state index is 11.9. The molecular weight excluding hydrogens is 297 g/mol. The molecule has 2 heterocycles. The van der Waals surface area contributed by atoms with Gasteiger partial charge in [0.25, 0.3) is 0 Å². The molecule has 2 aliphatic heterocycles. The number of halogens is 2. The highest BCUT2D eigenvalue weighted by atomic mass is 35.5. The Balaban J connectivity index is 0.000001000. The summed E-state index contributed by atoms with van der Waals surface area (Å²) < 4.78 is 0. The Hall–Kier alpha value is -0.0300. The smallest absolute Gasteiger partial charge is 0.221 e. The highest BCUT2D eigenvalue weighted by Crippen LogP contribution is 2.29. The van der Waals surface area contributed by atoms with Gasteiger partial charge in [-0.15, -0.1) is 24.8 Å². The fourth-order valence-electron chi connectivity index (χ4n) is 3.29. The van der Waals surface area contributed by atoms with Crippen LogP contribution in [0.5, 0.6) is 0 Å². The largest absolute Gasteiger partial charge is 0.353 e. The van der Waals surface area contributed by atoms with Gasteiger partial charge in [0.05, 0.1) is 0 Å². The van der Waals surface area contributed by atoms with Gasteiger partial charge in [0.15, 0.2) is 0 Å². The minimum atomic E-state index is 0. The molecule has 0 bridgehead atoms. The zero-order chi connectivity index (χ0) is 12.4. The van der Waals surface area contributed by atoms with E-state index >= 15 is 0 Å². The number of carbonyl (C=O) groups excluding carboxylic acids is 1. The van der Waals surface area contributed by atoms with Crippen molar-refractivity contribution in [2.75, 3.05) is 19.6 Å². The van der Waals surface area contributed by atoms with Crippen LogP contribution in [-0.2, 0) is 4.79 Å². The van der Waals surface area contributed by atoms with Crippen LogP contribution in [0.25, 0.3) is 0 Å². The molecule has 6 heteroatoms. The fraction of sp³-hybridized carbons (Fsp3) is 0.929. The summed E-state index contributed by atoms with van der Waals surface area (Å²) in [5.74, 6) is 0.249. The Morgan fingerprint density at radius 3 is 2.35 bits per heavy atom. The summed E-state index contributed by atoms with van der Waals surface area (Å²) in [7, 11) is 0. The van der Waals surface area contributed by atoms with Gasteiger partial charge in [0.1, 0.15) is 0 Å². The van der Waals surface area contributed by atoms with Gasteiger partial charge in [0, 0.05) is 37.6 Å². The summed E-state index contributed by atoms with van der Waals surface area (Å²) in [5, 5.41) is 6.61. The van der Waals surface area contributed by atoms with Gasteiger partial charge in [-0.05, 0) is 45.1 Å². The van der Waals surface area contributed by atoms with E-state index in [0.717, 1.165) is 31.8 Å². The van der Waals surface area contributed by atoms with E-state index in [0.29, 0.717) is 18.5 Å². The van der Waals surface area contributed by atoms with Crippen LogP contribution in [0.2, 0.25) is 0 Å². The van der Waals surface area contributed by atoms with Crippen LogP contribution in [-0.4, -0.2) is 48.6 Å². The monoisotopic (exact) mass is 323 g/mol. The van der Waals surface area contributed by atoms with Crippen LogP contribution in [0.3, 0.4) is 0 Å². The number of likely N-dealkylation sites (tertiary alicyclic amines) is 1. The minimum Gasteiger partial charge on any atom is -0.353 e. The van der Waals surface area contributed by atoms with Gasteiger partial charge in [-0.2, -0.15) is 0 Å². The molecule has 1 atom stereocenters. The van der Waals surface area contributed by atoms with Crippen LogP contribution < -0.4 is 10.6 Å². The Labute approximate surface area is 134 Å². The van der Waals surface area contributed by atoms with Crippen molar-refractivity contribution in [1.29, 1.82) is 0 Å². The summed E-state index contributed by atoms with van der Waals surface area (Å²) in [6.07, 6.45) is 8.11. The van der Waals surface area contributed by atoms with E-state index in [1.165, 1.54) is 32.4 Å². The van der Waals surface area contributed by atoms with Crippen molar-refractivity contribution in [2.45, 2.75) is 63.1 Å². The van der Waals surface area contributed by atoms with Crippen molar-refractivity contribution in [3.8, 4) is 0 Å². The molecule has 1 saturated carbocycles. The molecule has 0 aromatic carbocycles. The number of carbonyl (C=O) groups is 1. The normalized spacial score (nSPS) is 27.5. The third-order valence-electron chi connectivity index (χ3n) is 4.55. The number of nitrogens with zero attached hydrogens (tertiary/aromatic N) is 1. The summed E-state index contributed by atoms with van der Waals surface area (Å²) in [5.41, 5.74) is 0. The number of rotatable bonds is 4. The number of hydrogen-bond donors (Lipinski definition) is 2. The second kappa shape index (κ2) is 8.42. The summed E-state index contributed by atoms with van der Waals surface area (Å²) in [6, 6.07) is 1.73. The molecule has 20 heavy (non-hydrogen) atoms. The molecule has 0 radical (unpaired) electrons. The predicted octanol–water partition coefficient (Wildman–Crippen LogP) is 1.72. The number of nitrogens with one attached hydrogen (secondary N) is 2. The van der Waals surface area contributed by atoms with Crippen molar-refractivity contribution >= 4 is 30.7 Å². The van der Waals surface area contributed by atoms with E-state index in [1.807, 2.05) is 0 Å². The Morgan fingerprint density at radius 2 is 1.80 bits per heavy atom. The molecule has 1 amide bonds. The van der Waals surface area contributed by atoms with Gasteiger partial charge >= 0.3 is 0 Å². The molecule has 2 N–H and O–H groups in total. The maximum atomic E-state index is 11.9. The molecule has 1 unspecified atom stereocenters. The van der Waals surface area contributed by atoms with E-state index in [4.69, 9.17) is 0 Å². The highest BCUT2D eigenvalue weighted by molar-refractivity contribution is 5.85. The molecule has 3 aliphatic rings. The molecule has 0 aromatic heterocycles. The number of amides is 1. The van der Waals surface area contributed by atoms with Crippen LogP contribution in [0.1, 0.15) is 44.9 Å². The first-order valence-corrected chi connectivity index (χ1v) is 7.58. The first-order chi connectivity index (χ1) is 8.81. The first kappa shape index (κ1) is 18.0. The first-order valence-electron chi connectivity index (χ1n) is 7.58. The lowest BCUT2D eigenvalue weighted by atomic mass is 10.0. The number of hydrogen-bond acceptors (Lipinski definition) is 3. The third-order valence-corrected chi connectivity index (χ3v) is 4.55. The molecule has 3 fully saturated rings. The molecule has 4 nitrogen and oxygen atoms in total. The van der Waals surface area contributed by atoms with Gasteiger partial charge in [-0.25, -0.2) is 0 Å². The van der Waals surface area contributed by atoms with E-state index < -0.39 is 0 Å². The van der Waals surface area contributed by atoms with E-state index in [2.05, 4.69) is 15.5 Å². The zero-order valence-corrected chi connectivity index (χ0v) is 13.6. The van der Waals surface area contributed by atoms with Gasteiger partial charge in [0.2, 0.25) is 5.91 Å². The predicted molar refractivity (Wildman–Crippen MR) is 85.9 cm³/mol. The average molecular weight is 324 g/mol. The third kappa shape index (κ3) is 5.06. The Kier molecular flexibility index (Phi) is 7.59. The lowest BCUT2D eigenvalue weighted by molar-refractivity contribution is -0.122. The molecule has 0 aromatic rings. The quantitative estimate of drug-likeness (QED) is 0.828. The Bertz CT molecular complexity index is 299. The van der Waals surface area contributed by atoms with Crippen LogP contribution >= 0.6 is 24.8 Å². The second-order valence-corrected chi connectivity index (χ2v) is 6.11. The molecule has 0 spiro atoms. The second-order valence-electron chi connectivity index (χ2n) is 6.11. The summed E-state index contributed by atoms with van der Waals surface area (Å²) in [6.45, 7) is 3.44. The van der Waals surface area contributed by atoms with Crippen molar-refractivity contribution in [3.63, 3.8) is 0 Å². The van der Waals surface area contributed by atoms with E-state index in [9.17, 15) is 4.79 Å². The standard InChI is InChI=1S/C14H25N3O.2ClH/c18-14(10-12-2-1-7-15-12)16-11-5-8-17(9-6-11)13-3-4-13;;/h11-13,15H,1-10H2,(H,16,18);2*1H. The lowest BCUT2D eigenvalue weighted by Gasteiger charge is -2.32. The average Bonchev–Trinajstić information content (AvgIpc) is 3.09.